The van der Waals surface area contributed by atoms with Crippen molar-refractivity contribution >= 4 is 10.0 Å². The van der Waals surface area contributed by atoms with Crippen LogP contribution in [0.25, 0.3) is 11.1 Å². The van der Waals surface area contributed by atoms with Crippen molar-refractivity contribution in [2.75, 3.05) is 6.26 Å². The third-order valence-electron chi connectivity index (χ3n) is 4.08. The van der Waals surface area contributed by atoms with Crippen molar-refractivity contribution in [1.82, 2.24) is 14.7 Å². The van der Waals surface area contributed by atoms with Crippen molar-refractivity contribution in [2.45, 2.75) is 12.5 Å². The van der Waals surface area contributed by atoms with Gasteiger partial charge >= 0.3 is 0 Å². The maximum atomic E-state index is 11.8. The zero-order valence-electron chi connectivity index (χ0n) is 14.6. The lowest BCUT2D eigenvalue weighted by Crippen LogP contribution is -2.29. The molecule has 0 aliphatic heterocycles. The maximum absolute atomic E-state index is 11.8. The average molecular weight is 385 g/mol. The first-order chi connectivity index (χ1) is 12.8. The van der Waals surface area contributed by atoms with E-state index in [-0.39, 0.29) is 12.1 Å². The number of nitrogens with zero attached hydrogens (tertiary/aromatic N) is 1. The number of aromatic hydroxyl groups is 1. The van der Waals surface area contributed by atoms with E-state index in [2.05, 4.69) is 14.7 Å². The second kappa shape index (κ2) is 7.73. The van der Waals surface area contributed by atoms with Gasteiger partial charge < -0.3 is 10.1 Å². The van der Waals surface area contributed by atoms with E-state index >= 15 is 0 Å². The lowest BCUT2D eigenvalue weighted by Gasteiger charge is -2.18. The van der Waals surface area contributed by atoms with Crippen molar-refractivity contribution in [3.05, 3.63) is 82.5 Å². The monoisotopic (exact) mass is 385 g/mol. The Morgan fingerprint density at radius 2 is 1.70 bits per heavy atom. The van der Waals surface area contributed by atoms with E-state index in [0.29, 0.717) is 5.56 Å². The van der Waals surface area contributed by atoms with Crippen LogP contribution in [-0.2, 0) is 16.4 Å². The van der Waals surface area contributed by atoms with E-state index in [9.17, 15) is 18.3 Å². The molecule has 1 unspecified atom stereocenters. The fourth-order valence-electron chi connectivity index (χ4n) is 2.80. The van der Waals surface area contributed by atoms with Gasteiger partial charge in [0.05, 0.1) is 24.3 Å². The second-order valence-corrected chi connectivity index (χ2v) is 7.94. The molecule has 0 radical (unpaired) electrons. The van der Waals surface area contributed by atoms with Crippen molar-refractivity contribution in [1.29, 1.82) is 0 Å². The van der Waals surface area contributed by atoms with Crippen LogP contribution in [0, 0.1) is 0 Å². The van der Waals surface area contributed by atoms with Crippen LogP contribution in [0.3, 0.4) is 0 Å². The molecule has 8 heteroatoms. The molecular formula is C19H19N3O4S. The van der Waals surface area contributed by atoms with E-state index < -0.39 is 27.4 Å². The summed E-state index contributed by atoms with van der Waals surface area (Å²) in [6.07, 6.45) is 2.27. The van der Waals surface area contributed by atoms with E-state index in [1.54, 1.807) is 0 Å². The number of aromatic amines is 1. The minimum atomic E-state index is -3.52. The van der Waals surface area contributed by atoms with Gasteiger partial charge in [0.1, 0.15) is 0 Å². The Balaban J connectivity index is 1.93. The molecule has 0 spiro atoms. The highest BCUT2D eigenvalue weighted by atomic mass is 32.2. The molecule has 1 aromatic heterocycles. The fourth-order valence-corrected chi connectivity index (χ4v) is 3.53. The molecule has 0 saturated heterocycles. The molecule has 0 saturated carbocycles. The number of rotatable bonds is 6. The van der Waals surface area contributed by atoms with Gasteiger partial charge in [0, 0.05) is 6.42 Å². The molecular weight excluding hydrogens is 366 g/mol. The van der Waals surface area contributed by atoms with E-state index in [1.165, 1.54) is 6.33 Å². The van der Waals surface area contributed by atoms with Gasteiger partial charge in [-0.1, -0.05) is 54.6 Å². The van der Waals surface area contributed by atoms with Crippen LogP contribution in [0.2, 0.25) is 0 Å². The van der Waals surface area contributed by atoms with E-state index in [4.69, 9.17) is 0 Å². The van der Waals surface area contributed by atoms with Gasteiger partial charge in [-0.05, 0) is 16.7 Å². The van der Waals surface area contributed by atoms with Crippen LogP contribution in [0.5, 0.6) is 5.75 Å². The topological polar surface area (TPSA) is 112 Å². The number of aromatic nitrogens is 2. The summed E-state index contributed by atoms with van der Waals surface area (Å²) >= 11 is 0. The molecule has 2 aromatic carbocycles. The summed E-state index contributed by atoms with van der Waals surface area (Å²) in [5.41, 5.74) is 2.19. The van der Waals surface area contributed by atoms with E-state index in [0.717, 1.165) is 17.4 Å². The van der Waals surface area contributed by atoms with Crippen molar-refractivity contribution in [2.24, 2.45) is 0 Å². The molecule has 0 amide bonds. The van der Waals surface area contributed by atoms with Crippen LogP contribution in [-0.4, -0.2) is 29.7 Å². The molecule has 1 heterocycles. The second-order valence-electron chi connectivity index (χ2n) is 6.16. The van der Waals surface area contributed by atoms with E-state index in [1.807, 2.05) is 54.6 Å². The molecule has 0 fully saturated rings. The van der Waals surface area contributed by atoms with Crippen LogP contribution in [0.4, 0.5) is 0 Å². The van der Waals surface area contributed by atoms with Gasteiger partial charge in [-0.15, -0.1) is 0 Å². The summed E-state index contributed by atoms with van der Waals surface area (Å²) in [6.45, 7) is 0. The molecule has 0 aliphatic carbocycles. The summed E-state index contributed by atoms with van der Waals surface area (Å²) in [4.78, 5) is 17.8. The number of sulfonamides is 1. The van der Waals surface area contributed by atoms with Gasteiger partial charge in [0.15, 0.2) is 0 Å². The Hall–Kier alpha value is -2.97. The summed E-state index contributed by atoms with van der Waals surface area (Å²) in [5, 5.41) is 9.90. The zero-order valence-corrected chi connectivity index (χ0v) is 15.4. The first-order valence-corrected chi connectivity index (χ1v) is 10.1. The highest BCUT2D eigenvalue weighted by Crippen LogP contribution is 2.25. The Bertz CT molecular complexity index is 1080. The highest BCUT2D eigenvalue weighted by molar-refractivity contribution is 7.88. The molecule has 3 N–H and O–H groups in total. The minimum absolute atomic E-state index is 0.0352. The Morgan fingerprint density at radius 3 is 2.33 bits per heavy atom. The predicted octanol–water partition coefficient (Wildman–Crippen LogP) is 1.98. The fraction of sp³-hybridized carbons (Fsp3) is 0.158. The average Bonchev–Trinajstić information content (AvgIpc) is 2.65. The molecule has 3 aromatic rings. The van der Waals surface area contributed by atoms with Gasteiger partial charge in [-0.2, -0.15) is 0 Å². The standard InChI is InChI=1S/C19H19N3O4S/c1-27(25,26)22-16(11-17-18(23)19(24)21-12-20-17)15-9-7-14(8-10-15)13-5-3-2-4-6-13/h2-10,12,16,22-23H,11H2,1H3,(H,20,21,24). The number of hydrogen-bond acceptors (Lipinski definition) is 5. The third-order valence-corrected chi connectivity index (χ3v) is 4.79. The lowest BCUT2D eigenvalue weighted by molar-refractivity contribution is 0.448. The third kappa shape index (κ3) is 4.81. The Kier molecular flexibility index (Phi) is 5.38. The number of hydrogen-bond donors (Lipinski definition) is 3. The van der Waals surface area contributed by atoms with Gasteiger partial charge in [0.25, 0.3) is 5.56 Å². The first-order valence-electron chi connectivity index (χ1n) is 8.22. The zero-order chi connectivity index (χ0) is 19.4. The molecule has 0 aliphatic rings. The molecule has 140 valence electrons. The molecule has 3 rings (SSSR count). The Morgan fingerprint density at radius 1 is 1.07 bits per heavy atom. The first kappa shape index (κ1) is 18.8. The molecule has 0 bridgehead atoms. The summed E-state index contributed by atoms with van der Waals surface area (Å²) in [5.74, 6) is -0.515. The summed E-state index contributed by atoms with van der Waals surface area (Å²) in [7, 11) is -3.52. The maximum Gasteiger partial charge on any atom is 0.293 e. The van der Waals surface area contributed by atoms with Crippen molar-refractivity contribution in [3.8, 4) is 16.9 Å². The lowest BCUT2D eigenvalue weighted by atomic mass is 9.98. The Labute approximate surface area is 156 Å². The molecule has 1 atom stereocenters. The number of H-pyrrole nitrogens is 1. The van der Waals surface area contributed by atoms with Crippen molar-refractivity contribution < 1.29 is 13.5 Å². The highest BCUT2D eigenvalue weighted by Gasteiger charge is 2.20. The summed E-state index contributed by atoms with van der Waals surface area (Å²) in [6, 6.07) is 16.5. The number of nitrogens with one attached hydrogen (secondary N) is 2. The van der Waals surface area contributed by atoms with Gasteiger partial charge in [-0.3, -0.25) is 4.79 Å². The van der Waals surface area contributed by atoms with Crippen molar-refractivity contribution in [3.63, 3.8) is 0 Å². The molecule has 27 heavy (non-hydrogen) atoms. The minimum Gasteiger partial charge on any atom is -0.502 e. The summed E-state index contributed by atoms with van der Waals surface area (Å²) < 4.78 is 26.1. The van der Waals surface area contributed by atoms with Gasteiger partial charge in [0.2, 0.25) is 15.8 Å². The van der Waals surface area contributed by atoms with Crippen LogP contribution in [0.1, 0.15) is 17.3 Å². The SMILES string of the molecule is CS(=O)(=O)NC(Cc1nc[nH]c(=O)c1O)c1ccc(-c2ccccc2)cc1. The normalized spacial score (nSPS) is 12.6. The predicted molar refractivity (Wildman–Crippen MR) is 103 cm³/mol. The van der Waals surface area contributed by atoms with Crippen LogP contribution < -0.4 is 10.3 Å². The number of benzene rings is 2. The van der Waals surface area contributed by atoms with Crippen LogP contribution in [0.15, 0.2) is 65.7 Å². The largest absolute Gasteiger partial charge is 0.502 e. The van der Waals surface area contributed by atoms with Gasteiger partial charge in [-0.25, -0.2) is 18.1 Å². The smallest absolute Gasteiger partial charge is 0.293 e. The quantitative estimate of drug-likeness (QED) is 0.601. The van der Waals surface area contributed by atoms with Crippen LogP contribution >= 0.6 is 0 Å². The molecule has 7 nitrogen and oxygen atoms in total.